The second kappa shape index (κ2) is 8.98. The second-order valence-corrected chi connectivity index (χ2v) is 7.83. The van der Waals surface area contributed by atoms with E-state index in [9.17, 15) is 35.5 Å². The fourth-order valence-electron chi connectivity index (χ4n) is 3.22. The molecule has 3 N–H and O–H groups in total. The molecule has 0 saturated carbocycles. The Morgan fingerprint density at radius 2 is 1.45 bits per heavy atom. The Morgan fingerprint density at radius 3 is 1.88 bits per heavy atom. The molecule has 0 fully saturated rings. The van der Waals surface area contributed by atoms with Crippen LogP contribution in [0.2, 0.25) is 5.02 Å². The number of allylic oxidation sites excluding steroid dienone is 1. The summed E-state index contributed by atoms with van der Waals surface area (Å²) in [7, 11) is 0. The van der Waals surface area contributed by atoms with Crippen molar-refractivity contribution in [1.29, 1.82) is 5.41 Å². The van der Waals surface area contributed by atoms with Gasteiger partial charge in [0.1, 0.15) is 0 Å². The smallest absolute Gasteiger partial charge is 0.435 e. The summed E-state index contributed by atoms with van der Waals surface area (Å²) in [6.07, 6.45) is -11.6. The molecule has 0 aromatic heterocycles. The fraction of sp³-hybridized carbons (Fsp3) is 0.238. The molecule has 0 atom stereocenters. The number of nitrogens with one attached hydrogen (secondary N) is 1. The van der Waals surface area contributed by atoms with Gasteiger partial charge in [0.05, 0.1) is 27.9 Å². The highest BCUT2D eigenvalue weighted by atomic mass is 35.5. The Hall–Kier alpha value is -2.59. The minimum absolute atomic E-state index is 0.0212. The van der Waals surface area contributed by atoms with Gasteiger partial charge in [-0.15, -0.1) is 0 Å². The summed E-state index contributed by atoms with van der Waals surface area (Å²) in [6, 6.07) is 4.59. The number of benzene rings is 2. The predicted molar refractivity (Wildman–Crippen MR) is 111 cm³/mol. The van der Waals surface area contributed by atoms with Crippen molar-refractivity contribution in [3.05, 3.63) is 74.8 Å². The largest absolute Gasteiger partial charge is 0.593 e. The summed E-state index contributed by atoms with van der Waals surface area (Å²) in [6.45, 7) is 2.25. The molecule has 2 rings (SSSR count). The average Bonchev–Trinajstić information content (AvgIpc) is 2.64. The van der Waals surface area contributed by atoms with Crippen LogP contribution in [0.15, 0.2) is 36.4 Å². The third-order valence-corrected chi connectivity index (χ3v) is 5.29. The van der Waals surface area contributed by atoms with Crippen molar-refractivity contribution in [3.8, 4) is 0 Å². The lowest BCUT2D eigenvalue weighted by Crippen LogP contribution is -2.50. The van der Waals surface area contributed by atoms with E-state index >= 15 is 0 Å². The third-order valence-electron chi connectivity index (χ3n) is 4.76. The minimum atomic E-state index is -6.26. The van der Waals surface area contributed by atoms with Crippen LogP contribution in [0, 0.1) is 19.3 Å². The Bertz CT molecular complexity index is 1120. The first kappa shape index (κ1) is 26.7. The van der Waals surface area contributed by atoms with Crippen LogP contribution in [0.3, 0.4) is 0 Å². The first-order chi connectivity index (χ1) is 14.9. The van der Waals surface area contributed by atoms with E-state index in [-0.39, 0.29) is 38.6 Å². The van der Waals surface area contributed by atoms with Crippen LogP contribution in [0.5, 0.6) is 0 Å². The van der Waals surface area contributed by atoms with Gasteiger partial charge in [0.2, 0.25) is 0 Å². The topological polar surface area (TPSA) is 63.8 Å². The SMILES string of the molecule is Cc1cc(C(F)(C(F)(F)F)C(F)(F)F)cc(C)c1C(=N)/C=C(\[OH2+])c1ccc(Cl)c(C(=O)Cl)c1. The van der Waals surface area contributed by atoms with E-state index in [1.54, 1.807) is 0 Å². The van der Waals surface area contributed by atoms with Crippen LogP contribution < -0.4 is 0 Å². The number of carbonyl (C=O) groups is 1. The van der Waals surface area contributed by atoms with Crippen molar-refractivity contribution >= 4 is 39.9 Å². The van der Waals surface area contributed by atoms with Gasteiger partial charge >= 0.3 is 18.0 Å². The van der Waals surface area contributed by atoms with Gasteiger partial charge in [0.15, 0.2) is 0 Å². The number of aryl methyl sites for hydroxylation is 2. The number of halogens is 9. The van der Waals surface area contributed by atoms with Gasteiger partial charge in [-0.3, -0.25) is 10.2 Å². The van der Waals surface area contributed by atoms with Crippen molar-refractivity contribution in [3.63, 3.8) is 0 Å². The van der Waals surface area contributed by atoms with Gasteiger partial charge in [-0.2, -0.15) is 26.3 Å². The molecule has 0 aliphatic carbocycles. The molecule has 0 saturated heterocycles. The van der Waals surface area contributed by atoms with Gasteiger partial charge < -0.3 is 5.11 Å². The lowest BCUT2D eigenvalue weighted by Gasteiger charge is -2.31. The van der Waals surface area contributed by atoms with E-state index in [2.05, 4.69) is 0 Å². The summed E-state index contributed by atoms with van der Waals surface area (Å²) in [4.78, 5) is 11.4. The molecule has 3 nitrogen and oxygen atoms in total. The molecule has 178 valence electrons. The maximum Gasteiger partial charge on any atom is 0.435 e. The van der Waals surface area contributed by atoms with Crippen LogP contribution in [0.4, 0.5) is 30.7 Å². The van der Waals surface area contributed by atoms with E-state index in [0.29, 0.717) is 12.1 Å². The monoisotopic (exact) mass is 516 g/mol. The molecule has 0 bridgehead atoms. The molecule has 0 unspecified atom stereocenters. The zero-order valence-corrected chi connectivity index (χ0v) is 18.3. The zero-order chi connectivity index (χ0) is 25.5. The molecule has 0 amide bonds. The Balaban J connectivity index is 2.56. The summed E-state index contributed by atoms with van der Waals surface area (Å²) in [5.74, 6) is -0.316. The highest BCUT2D eigenvalue weighted by molar-refractivity contribution is 6.68. The van der Waals surface area contributed by atoms with Crippen LogP contribution in [-0.4, -0.2) is 28.4 Å². The zero-order valence-electron chi connectivity index (χ0n) is 16.8. The van der Waals surface area contributed by atoms with E-state index < -0.39 is 34.5 Å². The molecule has 12 heteroatoms. The number of hydrogen-bond acceptors (Lipinski definition) is 2. The summed E-state index contributed by atoms with van der Waals surface area (Å²) < 4.78 is 92.8. The van der Waals surface area contributed by atoms with E-state index in [1.807, 2.05) is 0 Å². The van der Waals surface area contributed by atoms with Gasteiger partial charge in [-0.05, 0) is 54.8 Å². The van der Waals surface area contributed by atoms with Gasteiger partial charge in [-0.25, -0.2) is 4.39 Å². The molecule has 0 aliphatic heterocycles. The van der Waals surface area contributed by atoms with Gasteiger partial charge in [0.25, 0.3) is 11.0 Å². The van der Waals surface area contributed by atoms with Crippen LogP contribution >= 0.6 is 23.2 Å². The normalized spacial score (nSPS) is 13.2. The Morgan fingerprint density at radius 1 is 0.970 bits per heavy atom. The maximum atomic E-state index is 14.4. The standard InChI is InChI=1S/C21H14Cl2F7NO2/c1-9-5-12(19(24,20(25,26)27)21(28,29)30)6-10(2)17(9)15(31)8-16(32)11-3-4-14(22)13(7-11)18(23)33/h3-8,31-32H,1-2H3/p+1/b16-8-,31-15?. The highest BCUT2D eigenvalue weighted by Gasteiger charge is 2.73. The molecule has 0 heterocycles. The van der Waals surface area contributed by atoms with Gasteiger partial charge in [0, 0.05) is 11.1 Å². The average molecular weight is 517 g/mol. The molecule has 0 radical (unpaired) electrons. The molecule has 33 heavy (non-hydrogen) atoms. The molecule has 0 spiro atoms. The first-order valence-electron chi connectivity index (χ1n) is 8.88. The summed E-state index contributed by atoms with van der Waals surface area (Å²) >= 11 is 11.2. The van der Waals surface area contributed by atoms with E-state index in [0.717, 1.165) is 19.9 Å². The molecule has 2 aromatic carbocycles. The van der Waals surface area contributed by atoms with Crippen molar-refractivity contribution in [2.24, 2.45) is 0 Å². The molecule has 2 aromatic rings. The number of hydrogen-bond donors (Lipinski definition) is 1. The minimum Gasteiger partial charge on any atom is -0.593 e. The Kier molecular flexibility index (Phi) is 7.26. The molecular weight excluding hydrogens is 502 g/mol. The quantitative estimate of drug-likeness (QED) is 0.154. The van der Waals surface area contributed by atoms with Crippen molar-refractivity contribution in [2.45, 2.75) is 31.9 Å². The predicted octanol–water partition coefficient (Wildman–Crippen LogP) is 6.76. The summed E-state index contributed by atoms with van der Waals surface area (Å²) in [5, 5.41) is 15.4. The van der Waals surface area contributed by atoms with Crippen molar-refractivity contribution < 1.29 is 40.6 Å². The third kappa shape index (κ3) is 5.01. The van der Waals surface area contributed by atoms with E-state index in [1.165, 1.54) is 18.2 Å². The number of carbonyl (C=O) groups excluding carboxylic acids is 1. The second-order valence-electron chi connectivity index (χ2n) is 7.08. The van der Waals surface area contributed by atoms with Crippen molar-refractivity contribution in [2.75, 3.05) is 0 Å². The Labute approximate surface area is 192 Å². The maximum absolute atomic E-state index is 14.4. The highest BCUT2D eigenvalue weighted by Crippen LogP contribution is 2.53. The fourth-order valence-corrected chi connectivity index (χ4v) is 3.63. The lowest BCUT2D eigenvalue weighted by molar-refractivity contribution is -0.348. The lowest BCUT2D eigenvalue weighted by atomic mass is 9.87. The number of rotatable bonds is 5. The summed E-state index contributed by atoms with van der Waals surface area (Å²) in [5.41, 5.74) is -8.22. The van der Waals surface area contributed by atoms with Crippen molar-refractivity contribution in [1.82, 2.24) is 0 Å². The van der Waals surface area contributed by atoms with Gasteiger partial charge in [-0.1, -0.05) is 23.7 Å². The molecule has 0 aliphatic rings. The molecular formula is C21H15Cl2F7NO2+. The first-order valence-corrected chi connectivity index (χ1v) is 9.63. The van der Waals surface area contributed by atoms with Crippen LogP contribution in [-0.2, 0) is 5.67 Å². The van der Waals surface area contributed by atoms with Crippen LogP contribution in [0.1, 0.15) is 38.2 Å². The van der Waals surface area contributed by atoms with Crippen LogP contribution in [0.25, 0.3) is 5.76 Å². The number of alkyl halides is 7. The van der Waals surface area contributed by atoms with E-state index in [4.69, 9.17) is 33.7 Å².